The van der Waals surface area contributed by atoms with Crippen molar-refractivity contribution >= 4 is 34.8 Å². The molecule has 2 saturated heterocycles. The summed E-state index contributed by atoms with van der Waals surface area (Å²) in [6, 6.07) is 37.8. The molecule has 2 fully saturated rings. The maximum absolute atomic E-state index is 14.0. The van der Waals surface area contributed by atoms with E-state index in [-0.39, 0.29) is 29.8 Å². The minimum absolute atomic E-state index is 0.0365. The van der Waals surface area contributed by atoms with Crippen molar-refractivity contribution in [3.8, 4) is 35.1 Å². The van der Waals surface area contributed by atoms with Gasteiger partial charge in [0.1, 0.15) is 38.1 Å². The summed E-state index contributed by atoms with van der Waals surface area (Å²) >= 11 is 0. The van der Waals surface area contributed by atoms with Crippen molar-refractivity contribution in [1.82, 2.24) is 19.8 Å². The third-order valence-electron chi connectivity index (χ3n) is 15.0. The van der Waals surface area contributed by atoms with E-state index >= 15 is 0 Å². The molecule has 2 aromatic heterocycles. The summed E-state index contributed by atoms with van der Waals surface area (Å²) in [7, 11) is 0. The van der Waals surface area contributed by atoms with Crippen molar-refractivity contribution in [3.63, 3.8) is 0 Å². The van der Waals surface area contributed by atoms with E-state index in [0.717, 1.165) is 111 Å². The van der Waals surface area contributed by atoms with E-state index in [1.165, 1.54) is 0 Å². The van der Waals surface area contributed by atoms with E-state index in [0.29, 0.717) is 73.4 Å². The van der Waals surface area contributed by atoms with E-state index < -0.39 is 0 Å². The average Bonchev–Trinajstić information content (AvgIpc) is 3.56. The topological polar surface area (TPSA) is 164 Å². The van der Waals surface area contributed by atoms with Gasteiger partial charge >= 0.3 is 0 Å². The fraction of sp³-hybridized carbons (Fsp3) is 0.367. The Morgan fingerprint density at radius 3 is 1.29 bits per heavy atom. The summed E-state index contributed by atoms with van der Waals surface area (Å²) in [5, 5.41) is 18.7. The summed E-state index contributed by atoms with van der Waals surface area (Å²) in [5.41, 5.74) is 6.19. The number of amides is 2. The highest BCUT2D eigenvalue weighted by Crippen LogP contribution is 2.52. The molecule has 4 aromatic carbocycles. The number of piperazine rings is 2. The molecule has 4 aliphatic heterocycles. The van der Waals surface area contributed by atoms with Gasteiger partial charge in [0.2, 0.25) is 0 Å². The lowest BCUT2D eigenvalue weighted by atomic mass is 9.85. The molecule has 6 heterocycles. The second kappa shape index (κ2) is 23.6. The number of carbonyl (C=O) groups excluding carboxylic acids is 2. The number of nitriles is 2. The van der Waals surface area contributed by atoms with E-state index in [9.17, 15) is 20.1 Å². The van der Waals surface area contributed by atoms with E-state index in [1.54, 1.807) is 70.7 Å². The summed E-state index contributed by atoms with van der Waals surface area (Å²) < 4.78 is 26.3. The molecule has 1 unspecified atom stereocenters. The quantitative estimate of drug-likeness (QED) is 0.0908. The Kier molecular flexibility index (Phi) is 15.9. The predicted molar refractivity (Wildman–Crippen MR) is 292 cm³/mol. The first-order chi connectivity index (χ1) is 37.2. The van der Waals surface area contributed by atoms with Crippen molar-refractivity contribution < 1.29 is 28.5 Å². The molecule has 2 amide bonds. The zero-order valence-electron chi connectivity index (χ0n) is 43.5. The van der Waals surface area contributed by atoms with E-state index in [1.807, 2.05) is 36.4 Å². The first-order valence-electron chi connectivity index (χ1n) is 26.5. The van der Waals surface area contributed by atoms with Crippen LogP contribution in [0.15, 0.2) is 122 Å². The summed E-state index contributed by atoms with van der Waals surface area (Å²) in [6.45, 7) is 15.5. The van der Waals surface area contributed by atoms with Crippen molar-refractivity contribution in [2.75, 3.05) is 111 Å². The molecule has 0 spiro atoms. The predicted octanol–water partition coefficient (Wildman–Crippen LogP) is 8.41. The fourth-order valence-electron chi connectivity index (χ4n) is 10.9. The number of anilines is 4. The first kappa shape index (κ1) is 51.3. The smallest absolute Gasteiger partial charge is 0.259 e. The van der Waals surface area contributed by atoms with Crippen LogP contribution in [0.2, 0.25) is 0 Å². The van der Waals surface area contributed by atoms with Gasteiger partial charge in [-0.15, -0.1) is 0 Å². The minimum atomic E-state index is -0.158. The van der Waals surface area contributed by atoms with Gasteiger partial charge in [0.05, 0.1) is 34.6 Å². The first-order valence-corrected chi connectivity index (χ1v) is 26.5. The zero-order valence-corrected chi connectivity index (χ0v) is 43.5. The summed E-state index contributed by atoms with van der Waals surface area (Å²) in [6.07, 6.45) is 5.21. The minimum Gasteiger partial charge on any atom is -0.486 e. The van der Waals surface area contributed by atoms with Crippen molar-refractivity contribution in [3.05, 3.63) is 155 Å². The SMILES string of the molecule is CCCC(c1ccc(N2CCN([C@H](C)CN(C(=O)c3ccc(C#N)cc3)c3ccccn3)CC2)c2c1OCCO2)c1ccc(N2CCN([C@@H](C)CN(C(=O)c3ccc(C#N)cc3)c3ccccn3)CC2)c2c1OCCO2. The van der Waals surface area contributed by atoms with Crippen LogP contribution in [0.25, 0.3) is 0 Å². The van der Waals surface area contributed by atoms with Crippen LogP contribution < -0.4 is 38.5 Å². The van der Waals surface area contributed by atoms with Gasteiger partial charge in [0.25, 0.3) is 11.8 Å². The number of rotatable bonds is 16. The highest BCUT2D eigenvalue weighted by molar-refractivity contribution is 6.06. The molecular weight excluding hydrogens is 957 g/mol. The van der Waals surface area contributed by atoms with Crippen LogP contribution in [0.5, 0.6) is 23.0 Å². The molecule has 16 heteroatoms. The standard InChI is InChI=1S/C60H64N10O6/c1-4-9-48(49-20-22-51(57-55(49)73-34-36-75-57)67-30-26-65(27-31-67)42(2)40-69(53-10-5-7-24-63-53)59(71)46-16-12-44(38-61)13-17-46)50-21-23-52(58-56(50)74-35-37-76-58)68-32-28-66(29-33-68)43(3)41-70(54-11-6-8-25-64-54)60(72)47-18-14-45(39-62)15-19-47/h5-8,10-25,42-43,48H,4,9,26-37,40-41H2,1-3H3/t42-,43+,48?. The average molecular weight is 1020 g/mol. The maximum atomic E-state index is 14.0. The second-order valence-electron chi connectivity index (χ2n) is 19.7. The van der Waals surface area contributed by atoms with Crippen LogP contribution in [0.1, 0.15) is 82.5 Å². The van der Waals surface area contributed by atoms with Crippen molar-refractivity contribution in [2.45, 2.75) is 51.6 Å². The molecule has 0 N–H and O–H groups in total. The Morgan fingerprint density at radius 1 is 0.539 bits per heavy atom. The number of fused-ring (bicyclic) bond motifs is 2. The molecule has 4 aliphatic rings. The van der Waals surface area contributed by atoms with Gasteiger partial charge in [0.15, 0.2) is 23.0 Å². The van der Waals surface area contributed by atoms with Crippen LogP contribution in [0.3, 0.4) is 0 Å². The molecular formula is C60H64N10O6. The Hall–Kier alpha value is -8.18. The number of carbonyl (C=O) groups is 2. The fourth-order valence-corrected chi connectivity index (χ4v) is 10.9. The highest BCUT2D eigenvalue weighted by Gasteiger charge is 2.35. The lowest BCUT2D eigenvalue weighted by Crippen LogP contribution is -2.53. The number of hydrogen-bond acceptors (Lipinski definition) is 14. The van der Waals surface area contributed by atoms with Crippen LogP contribution >= 0.6 is 0 Å². The van der Waals surface area contributed by atoms with Crippen molar-refractivity contribution in [1.29, 1.82) is 10.5 Å². The Balaban J connectivity index is 0.827. The Morgan fingerprint density at radius 2 is 0.934 bits per heavy atom. The Bertz CT molecular complexity index is 2860. The number of ether oxygens (including phenoxy) is 4. The third-order valence-corrected chi connectivity index (χ3v) is 15.0. The lowest BCUT2D eigenvalue weighted by molar-refractivity contribution is 0.0966. The van der Waals surface area contributed by atoms with Gasteiger partial charge in [-0.3, -0.25) is 29.2 Å². The molecule has 10 rings (SSSR count). The normalized spacial score (nSPS) is 16.6. The number of benzene rings is 4. The molecule has 0 bridgehead atoms. The molecule has 3 atom stereocenters. The Labute approximate surface area is 445 Å². The molecule has 6 aromatic rings. The van der Waals surface area contributed by atoms with E-state index in [2.05, 4.69) is 86.7 Å². The lowest BCUT2D eigenvalue weighted by Gasteiger charge is -2.41. The second-order valence-corrected chi connectivity index (χ2v) is 19.7. The van der Waals surface area contributed by atoms with Gasteiger partial charge < -0.3 is 28.7 Å². The van der Waals surface area contributed by atoms with Crippen LogP contribution in [0, 0.1) is 22.7 Å². The zero-order chi connectivity index (χ0) is 52.5. The number of nitrogens with zero attached hydrogens (tertiary/aromatic N) is 10. The van der Waals surface area contributed by atoms with Crippen LogP contribution in [-0.4, -0.2) is 136 Å². The largest absolute Gasteiger partial charge is 0.486 e. The maximum Gasteiger partial charge on any atom is 0.259 e. The molecule has 16 nitrogen and oxygen atoms in total. The summed E-state index contributed by atoms with van der Waals surface area (Å²) in [4.78, 5) is 50.1. The van der Waals surface area contributed by atoms with Crippen LogP contribution in [-0.2, 0) is 0 Å². The van der Waals surface area contributed by atoms with Gasteiger partial charge in [-0.2, -0.15) is 10.5 Å². The molecule has 0 radical (unpaired) electrons. The highest BCUT2D eigenvalue weighted by atomic mass is 16.6. The van der Waals surface area contributed by atoms with Gasteiger partial charge in [-0.1, -0.05) is 37.6 Å². The van der Waals surface area contributed by atoms with Crippen molar-refractivity contribution in [2.24, 2.45) is 0 Å². The molecule has 390 valence electrons. The molecule has 0 saturated carbocycles. The number of aromatic nitrogens is 2. The number of hydrogen-bond donors (Lipinski definition) is 0. The molecule has 76 heavy (non-hydrogen) atoms. The number of pyridine rings is 2. The monoisotopic (exact) mass is 1020 g/mol. The van der Waals surface area contributed by atoms with Gasteiger partial charge in [-0.25, -0.2) is 9.97 Å². The van der Waals surface area contributed by atoms with Gasteiger partial charge in [0, 0.05) is 118 Å². The van der Waals surface area contributed by atoms with Crippen LogP contribution in [0.4, 0.5) is 23.0 Å². The van der Waals surface area contributed by atoms with E-state index in [4.69, 9.17) is 18.9 Å². The molecule has 0 aliphatic carbocycles. The third kappa shape index (κ3) is 11.0. The van der Waals surface area contributed by atoms with Gasteiger partial charge in [-0.05, 0) is 105 Å². The summed E-state index contributed by atoms with van der Waals surface area (Å²) in [5.74, 6) is 3.93.